The number of hydrogen-bond acceptors (Lipinski definition) is 3. The quantitative estimate of drug-likeness (QED) is 0.899. The van der Waals surface area contributed by atoms with Crippen LogP contribution in [0.15, 0.2) is 42.5 Å². The van der Waals surface area contributed by atoms with Crippen molar-refractivity contribution in [1.82, 2.24) is 5.32 Å². The normalized spacial score (nSPS) is 14.0. The molecule has 0 spiro atoms. The summed E-state index contributed by atoms with van der Waals surface area (Å²) in [6.45, 7) is 0.580. The van der Waals surface area contributed by atoms with E-state index in [-0.39, 0.29) is 11.7 Å². The highest BCUT2D eigenvalue weighted by Crippen LogP contribution is 2.21. The SMILES string of the molecule is O=C1NCCc2ccc(NS(=O)(=O)Cc3cccc(F)c3)cc21. The third-order valence-corrected chi connectivity index (χ3v) is 4.81. The number of rotatable bonds is 4. The van der Waals surface area contributed by atoms with Crippen LogP contribution in [-0.2, 0) is 22.2 Å². The lowest BCUT2D eigenvalue weighted by Gasteiger charge is -2.17. The maximum absolute atomic E-state index is 13.1. The van der Waals surface area contributed by atoms with E-state index in [9.17, 15) is 17.6 Å². The molecule has 7 heteroatoms. The van der Waals surface area contributed by atoms with Crippen LogP contribution in [0.3, 0.4) is 0 Å². The zero-order valence-electron chi connectivity index (χ0n) is 12.2. The maximum Gasteiger partial charge on any atom is 0.251 e. The van der Waals surface area contributed by atoms with Crippen molar-refractivity contribution in [3.63, 3.8) is 0 Å². The van der Waals surface area contributed by atoms with Gasteiger partial charge in [-0.25, -0.2) is 12.8 Å². The average molecular weight is 334 g/mol. The summed E-state index contributed by atoms with van der Waals surface area (Å²) in [5.74, 6) is -1.03. The Balaban J connectivity index is 1.81. The molecule has 0 saturated carbocycles. The molecular formula is C16H15FN2O3S. The summed E-state index contributed by atoms with van der Waals surface area (Å²) in [5.41, 5.74) is 2.04. The zero-order chi connectivity index (χ0) is 16.4. The van der Waals surface area contributed by atoms with Gasteiger partial charge in [-0.15, -0.1) is 0 Å². The minimum atomic E-state index is -3.70. The molecule has 0 saturated heterocycles. The second-order valence-electron chi connectivity index (χ2n) is 5.37. The number of sulfonamides is 1. The zero-order valence-corrected chi connectivity index (χ0v) is 13.0. The second-order valence-corrected chi connectivity index (χ2v) is 7.09. The van der Waals surface area contributed by atoms with Gasteiger partial charge in [0.05, 0.1) is 5.75 Å². The molecule has 120 valence electrons. The van der Waals surface area contributed by atoms with E-state index in [1.54, 1.807) is 18.2 Å². The van der Waals surface area contributed by atoms with E-state index in [4.69, 9.17) is 0 Å². The first-order valence-electron chi connectivity index (χ1n) is 7.09. The number of amides is 1. The standard InChI is InChI=1S/C16H15FN2O3S/c17-13-3-1-2-11(8-13)10-23(21,22)19-14-5-4-12-6-7-18-16(20)15(12)9-14/h1-5,8-9,19H,6-7,10H2,(H,18,20). The number of anilines is 1. The van der Waals surface area contributed by atoms with Gasteiger partial charge in [0.15, 0.2) is 0 Å². The van der Waals surface area contributed by atoms with Gasteiger partial charge in [-0.05, 0) is 41.8 Å². The minimum Gasteiger partial charge on any atom is -0.352 e. The lowest BCUT2D eigenvalue weighted by atomic mass is 10.00. The van der Waals surface area contributed by atoms with Crippen LogP contribution in [-0.4, -0.2) is 20.9 Å². The summed E-state index contributed by atoms with van der Waals surface area (Å²) in [7, 11) is -3.70. The predicted molar refractivity (Wildman–Crippen MR) is 85.1 cm³/mol. The summed E-state index contributed by atoms with van der Waals surface area (Å²) >= 11 is 0. The monoisotopic (exact) mass is 334 g/mol. The predicted octanol–water partition coefficient (Wildman–Crippen LogP) is 2.05. The first-order chi connectivity index (χ1) is 10.9. The van der Waals surface area contributed by atoms with E-state index >= 15 is 0 Å². The Kier molecular flexibility index (Phi) is 4.04. The lowest BCUT2D eigenvalue weighted by molar-refractivity contribution is 0.0946. The molecule has 2 N–H and O–H groups in total. The molecule has 1 aliphatic heterocycles. The van der Waals surface area contributed by atoms with E-state index in [1.165, 1.54) is 24.3 Å². The fraction of sp³-hybridized carbons (Fsp3) is 0.188. The van der Waals surface area contributed by atoms with Crippen molar-refractivity contribution in [2.24, 2.45) is 0 Å². The van der Waals surface area contributed by atoms with Gasteiger partial charge in [-0.1, -0.05) is 18.2 Å². The number of benzene rings is 2. The second kappa shape index (κ2) is 6.00. The van der Waals surface area contributed by atoms with Crippen LogP contribution in [0, 0.1) is 5.82 Å². The van der Waals surface area contributed by atoms with E-state index in [1.807, 2.05) is 0 Å². The number of fused-ring (bicyclic) bond motifs is 1. The Morgan fingerprint density at radius 2 is 2.00 bits per heavy atom. The largest absolute Gasteiger partial charge is 0.352 e. The van der Waals surface area contributed by atoms with Crippen molar-refractivity contribution in [3.05, 3.63) is 65.0 Å². The third-order valence-electron chi connectivity index (χ3n) is 3.55. The van der Waals surface area contributed by atoms with Gasteiger partial charge in [0.25, 0.3) is 5.91 Å². The Hall–Kier alpha value is -2.41. The van der Waals surface area contributed by atoms with Gasteiger partial charge in [-0.2, -0.15) is 0 Å². The number of hydrogen-bond donors (Lipinski definition) is 2. The van der Waals surface area contributed by atoms with Crippen LogP contribution < -0.4 is 10.0 Å². The number of nitrogens with one attached hydrogen (secondary N) is 2. The maximum atomic E-state index is 13.1. The molecule has 0 atom stereocenters. The summed E-state index contributed by atoms with van der Waals surface area (Å²) in [6.07, 6.45) is 0.720. The van der Waals surface area contributed by atoms with Crippen molar-refractivity contribution in [1.29, 1.82) is 0 Å². The Morgan fingerprint density at radius 3 is 2.78 bits per heavy atom. The molecule has 5 nitrogen and oxygen atoms in total. The van der Waals surface area contributed by atoms with Gasteiger partial charge in [0, 0.05) is 17.8 Å². The molecule has 0 radical (unpaired) electrons. The fourth-order valence-corrected chi connectivity index (χ4v) is 3.71. The first-order valence-corrected chi connectivity index (χ1v) is 8.74. The van der Waals surface area contributed by atoms with Gasteiger partial charge >= 0.3 is 0 Å². The molecule has 3 rings (SSSR count). The summed E-state index contributed by atoms with van der Waals surface area (Å²) in [6, 6.07) is 10.3. The molecule has 0 bridgehead atoms. The molecule has 1 aliphatic rings. The average Bonchev–Trinajstić information content (AvgIpc) is 2.47. The van der Waals surface area contributed by atoms with E-state index < -0.39 is 15.8 Å². The first kappa shape index (κ1) is 15.5. The third kappa shape index (κ3) is 3.68. The van der Waals surface area contributed by atoms with Crippen molar-refractivity contribution in [2.75, 3.05) is 11.3 Å². The molecule has 0 fully saturated rings. The van der Waals surface area contributed by atoms with Gasteiger partial charge in [0.1, 0.15) is 5.82 Å². The number of carbonyl (C=O) groups is 1. The minimum absolute atomic E-state index is 0.211. The highest BCUT2D eigenvalue weighted by atomic mass is 32.2. The van der Waals surface area contributed by atoms with Gasteiger partial charge in [-0.3, -0.25) is 9.52 Å². The van der Waals surface area contributed by atoms with Crippen molar-refractivity contribution in [2.45, 2.75) is 12.2 Å². The molecule has 2 aromatic carbocycles. The molecule has 23 heavy (non-hydrogen) atoms. The Morgan fingerprint density at radius 1 is 1.17 bits per heavy atom. The van der Waals surface area contributed by atoms with Crippen LogP contribution in [0.2, 0.25) is 0 Å². The molecule has 1 amide bonds. The molecule has 2 aromatic rings. The van der Waals surface area contributed by atoms with Gasteiger partial charge in [0.2, 0.25) is 10.0 Å². The smallest absolute Gasteiger partial charge is 0.251 e. The Bertz CT molecular complexity index is 865. The highest BCUT2D eigenvalue weighted by Gasteiger charge is 2.18. The summed E-state index contributed by atoms with van der Waals surface area (Å²) in [5, 5.41) is 2.72. The molecule has 0 aromatic heterocycles. The van der Waals surface area contributed by atoms with Crippen LogP contribution in [0.25, 0.3) is 0 Å². The van der Waals surface area contributed by atoms with E-state index in [0.717, 1.165) is 12.0 Å². The Labute approximate surface area is 133 Å². The topological polar surface area (TPSA) is 75.3 Å². The van der Waals surface area contributed by atoms with Crippen molar-refractivity contribution < 1.29 is 17.6 Å². The number of carbonyl (C=O) groups excluding carboxylic acids is 1. The fourth-order valence-electron chi connectivity index (χ4n) is 2.54. The lowest BCUT2D eigenvalue weighted by Crippen LogP contribution is -2.31. The van der Waals surface area contributed by atoms with Gasteiger partial charge < -0.3 is 5.32 Å². The van der Waals surface area contributed by atoms with Crippen molar-refractivity contribution in [3.8, 4) is 0 Å². The molecule has 0 aliphatic carbocycles. The van der Waals surface area contributed by atoms with Crippen LogP contribution in [0.4, 0.5) is 10.1 Å². The van der Waals surface area contributed by atoms with Crippen LogP contribution >= 0.6 is 0 Å². The number of halogens is 1. The highest BCUT2D eigenvalue weighted by molar-refractivity contribution is 7.91. The van der Waals surface area contributed by atoms with E-state index in [2.05, 4.69) is 10.0 Å². The molecular weight excluding hydrogens is 319 g/mol. The molecule has 0 unspecified atom stereocenters. The van der Waals surface area contributed by atoms with Crippen LogP contribution in [0.1, 0.15) is 21.5 Å². The summed E-state index contributed by atoms with van der Waals surface area (Å²) < 4.78 is 40.0. The van der Waals surface area contributed by atoms with Crippen LogP contribution in [0.5, 0.6) is 0 Å². The summed E-state index contributed by atoms with van der Waals surface area (Å²) in [4.78, 5) is 11.8. The molecule has 1 heterocycles. The van der Waals surface area contributed by atoms with Crippen molar-refractivity contribution >= 4 is 21.6 Å². The van der Waals surface area contributed by atoms with E-state index in [0.29, 0.717) is 23.4 Å².